The van der Waals surface area contributed by atoms with Crippen molar-refractivity contribution in [2.75, 3.05) is 13.7 Å². The second-order valence-electron chi connectivity index (χ2n) is 6.64. The number of carbonyl (C=O) groups excluding carboxylic acids is 3. The molecule has 0 saturated carbocycles. The van der Waals surface area contributed by atoms with Gasteiger partial charge in [-0.1, -0.05) is 18.7 Å². The monoisotopic (exact) mass is 369 g/mol. The molecule has 2 atom stereocenters. The second-order valence-corrected chi connectivity index (χ2v) is 6.64. The number of esters is 2. The summed E-state index contributed by atoms with van der Waals surface area (Å²) in [5.41, 5.74) is 3.16. The van der Waals surface area contributed by atoms with E-state index < -0.39 is 23.8 Å². The van der Waals surface area contributed by atoms with E-state index in [4.69, 9.17) is 9.47 Å². The summed E-state index contributed by atoms with van der Waals surface area (Å²) in [6.45, 7) is 6.01. The number of benzene rings is 1. The zero-order valence-corrected chi connectivity index (χ0v) is 15.5. The summed E-state index contributed by atoms with van der Waals surface area (Å²) < 4.78 is 9.98. The highest BCUT2D eigenvalue weighted by atomic mass is 16.5. The molecule has 2 unspecified atom stereocenters. The molecule has 142 valence electrons. The summed E-state index contributed by atoms with van der Waals surface area (Å²) in [4.78, 5) is 37.1. The molecule has 0 amide bonds. The minimum Gasteiger partial charge on any atom is -0.465 e. The molecular weight excluding hydrogens is 346 g/mol. The lowest BCUT2D eigenvalue weighted by molar-refractivity contribution is -0.147. The van der Waals surface area contributed by atoms with E-state index in [1.807, 2.05) is 0 Å². The van der Waals surface area contributed by atoms with Crippen LogP contribution in [0.4, 0.5) is 0 Å². The lowest BCUT2D eigenvalue weighted by Gasteiger charge is -2.38. The number of ketones is 1. The first-order valence-electron chi connectivity index (χ1n) is 9.04. The topological polar surface area (TPSA) is 81.7 Å². The van der Waals surface area contributed by atoms with E-state index >= 15 is 0 Å². The van der Waals surface area contributed by atoms with E-state index in [2.05, 4.69) is 11.9 Å². The van der Waals surface area contributed by atoms with Gasteiger partial charge in [0.05, 0.1) is 19.3 Å². The Morgan fingerprint density at radius 1 is 1.22 bits per heavy atom. The van der Waals surface area contributed by atoms with Gasteiger partial charge in [0.2, 0.25) is 0 Å². The quantitative estimate of drug-likeness (QED) is 0.822. The number of hydrogen-bond acceptors (Lipinski definition) is 6. The van der Waals surface area contributed by atoms with Crippen LogP contribution in [0.25, 0.3) is 0 Å². The van der Waals surface area contributed by atoms with Gasteiger partial charge in [0.1, 0.15) is 5.92 Å². The molecule has 1 aliphatic carbocycles. The van der Waals surface area contributed by atoms with Crippen molar-refractivity contribution in [3.63, 3.8) is 0 Å². The van der Waals surface area contributed by atoms with Gasteiger partial charge in [-0.05, 0) is 37.5 Å². The molecule has 6 nitrogen and oxygen atoms in total. The van der Waals surface area contributed by atoms with Crippen LogP contribution in [0.5, 0.6) is 0 Å². The highest BCUT2D eigenvalue weighted by Crippen LogP contribution is 2.44. The molecule has 0 saturated heterocycles. The maximum atomic E-state index is 12.7. The highest BCUT2D eigenvalue weighted by molar-refractivity contribution is 6.00. The lowest BCUT2D eigenvalue weighted by Crippen LogP contribution is -2.41. The zero-order valence-electron chi connectivity index (χ0n) is 15.5. The fourth-order valence-corrected chi connectivity index (χ4v) is 3.81. The van der Waals surface area contributed by atoms with Gasteiger partial charge in [-0.3, -0.25) is 9.59 Å². The first kappa shape index (κ1) is 18.9. The first-order chi connectivity index (χ1) is 13.0. The average molecular weight is 369 g/mol. The van der Waals surface area contributed by atoms with Crippen molar-refractivity contribution in [2.45, 2.75) is 32.1 Å². The Kier molecular flexibility index (Phi) is 5.44. The Labute approximate surface area is 158 Å². The molecule has 27 heavy (non-hydrogen) atoms. The van der Waals surface area contributed by atoms with Crippen molar-refractivity contribution in [3.8, 4) is 0 Å². The van der Waals surface area contributed by atoms with Gasteiger partial charge in [-0.25, -0.2) is 4.79 Å². The maximum Gasteiger partial charge on any atom is 0.337 e. The molecule has 1 N–H and O–H groups in total. The molecule has 3 rings (SSSR count). The van der Waals surface area contributed by atoms with Crippen LogP contribution in [-0.4, -0.2) is 31.4 Å². The fraction of sp³-hybridized carbons (Fsp3) is 0.381. The van der Waals surface area contributed by atoms with Crippen molar-refractivity contribution < 1.29 is 23.9 Å². The Hall–Kier alpha value is -2.89. The Bertz CT molecular complexity index is 821. The Balaban J connectivity index is 2.09. The fourth-order valence-electron chi connectivity index (χ4n) is 3.81. The van der Waals surface area contributed by atoms with Crippen molar-refractivity contribution in [1.82, 2.24) is 5.32 Å². The maximum absolute atomic E-state index is 12.7. The zero-order chi connectivity index (χ0) is 19.6. The molecule has 1 heterocycles. The van der Waals surface area contributed by atoms with Gasteiger partial charge in [0.15, 0.2) is 5.78 Å². The van der Waals surface area contributed by atoms with E-state index in [1.54, 1.807) is 31.2 Å². The number of rotatable bonds is 4. The molecule has 0 spiro atoms. The van der Waals surface area contributed by atoms with E-state index in [9.17, 15) is 14.4 Å². The van der Waals surface area contributed by atoms with E-state index in [-0.39, 0.29) is 12.4 Å². The van der Waals surface area contributed by atoms with Crippen LogP contribution in [0, 0.1) is 5.92 Å². The highest BCUT2D eigenvalue weighted by Gasteiger charge is 2.43. The first-order valence-corrected chi connectivity index (χ1v) is 9.04. The van der Waals surface area contributed by atoms with Crippen LogP contribution in [0.15, 0.2) is 47.8 Å². The van der Waals surface area contributed by atoms with E-state index in [1.165, 1.54) is 7.11 Å². The van der Waals surface area contributed by atoms with Gasteiger partial charge in [-0.2, -0.15) is 0 Å². The number of ether oxygens (including phenoxy) is 2. The summed E-state index contributed by atoms with van der Waals surface area (Å²) in [7, 11) is 1.32. The number of hydrogen-bond donors (Lipinski definition) is 1. The number of allylic oxidation sites excluding steroid dienone is 2. The minimum absolute atomic E-state index is 0.0348. The smallest absolute Gasteiger partial charge is 0.337 e. The van der Waals surface area contributed by atoms with E-state index in [0.29, 0.717) is 23.3 Å². The Morgan fingerprint density at radius 2 is 1.93 bits per heavy atom. The van der Waals surface area contributed by atoms with Crippen molar-refractivity contribution in [1.29, 1.82) is 0 Å². The normalized spacial score (nSPS) is 22.0. The molecule has 1 aromatic carbocycles. The molecule has 0 radical (unpaired) electrons. The number of nitrogens with one attached hydrogen (secondary N) is 1. The molecule has 1 aliphatic heterocycles. The van der Waals surface area contributed by atoms with Gasteiger partial charge in [0, 0.05) is 29.3 Å². The molecule has 2 aliphatic rings. The van der Waals surface area contributed by atoms with Crippen LogP contribution >= 0.6 is 0 Å². The van der Waals surface area contributed by atoms with Crippen LogP contribution in [0.3, 0.4) is 0 Å². The van der Waals surface area contributed by atoms with E-state index in [0.717, 1.165) is 24.1 Å². The van der Waals surface area contributed by atoms with Crippen LogP contribution in [0.1, 0.15) is 48.0 Å². The predicted molar refractivity (Wildman–Crippen MR) is 98.8 cm³/mol. The van der Waals surface area contributed by atoms with Gasteiger partial charge < -0.3 is 14.8 Å². The SMILES string of the molecule is C=C1NC2=C(C(=O)CCC2)C(c2ccc(C(=O)OC)cc2)C1C(=O)OCC. The number of Topliss-reactive ketones (excluding diaryl/α,β-unsaturated/α-hetero) is 1. The molecular formula is C21H23NO5. The van der Waals surface area contributed by atoms with Crippen LogP contribution in [0.2, 0.25) is 0 Å². The third kappa shape index (κ3) is 3.52. The van der Waals surface area contributed by atoms with Crippen LogP contribution < -0.4 is 5.32 Å². The predicted octanol–water partition coefficient (Wildman–Crippen LogP) is 2.86. The lowest BCUT2D eigenvalue weighted by atomic mass is 9.71. The van der Waals surface area contributed by atoms with Crippen molar-refractivity contribution >= 4 is 17.7 Å². The molecule has 0 aromatic heterocycles. The van der Waals surface area contributed by atoms with Crippen molar-refractivity contribution in [3.05, 3.63) is 58.9 Å². The summed E-state index contributed by atoms with van der Waals surface area (Å²) in [5, 5.41) is 3.17. The van der Waals surface area contributed by atoms with Gasteiger partial charge >= 0.3 is 11.9 Å². The largest absolute Gasteiger partial charge is 0.465 e. The van der Waals surface area contributed by atoms with Crippen molar-refractivity contribution in [2.24, 2.45) is 5.92 Å². The van der Waals surface area contributed by atoms with Crippen LogP contribution in [-0.2, 0) is 19.1 Å². The summed E-state index contributed by atoms with van der Waals surface area (Å²) >= 11 is 0. The standard InChI is InChI=1S/C21H23NO5/c1-4-27-21(25)17-12(2)22-15-6-5-7-16(23)19(15)18(17)13-8-10-14(11-9-13)20(24)26-3/h8-11,17-18,22H,2,4-7H2,1,3H3. The average Bonchev–Trinajstić information content (AvgIpc) is 2.66. The number of methoxy groups -OCH3 is 1. The third-order valence-corrected chi connectivity index (χ3v) is 5.02. The summed E-state index contributed by atoms with van der Waals surface area (Å²) in [6.07, 6.45) is 1.97. The third-order valence-electron chi connectivity index (χ3n) is 5.02. The second kappa shape index (κ2) is 7.78. The minimum atomic E-state index is -0.699. The van der Waals surface area contributed by atoms with Gasteiger partial charge in [-0.15, -0.1) is 0 Å². The summed E-state index contributed by atoms with van der Waals surface area (Å²) in [6, 6.07) is 6.80. The number of carbonyl (C=O) groups is 3. The molecule has 0 fully saturated rings. The summed E-state index contributed by atoms with van der Waals surface area (Å²) in [5.74, 6) is -2.00. The molecule has 1 aromatic rings. The molecule has 6 heteroatoms. The Morgan fingerprint density at radius 3 is 2.56 bits per heavy atom. The molecule has 0 bridgehead atoms. The van der Waals surface area contributed by atoms with Gasteiger partial charge in [0.25, 0.3) is 0 Å².